The van der Waals surface area contributed by atoms with Gasteiger partial charge in [0.05, 0.1) is 0 Å². The van der Waals surface area contributed by atoms with E-state index in [4.69, 9.17) is 0 Å². The van der Waals surface area contributed by atoms with E-state index in [1.165, 1.54) is 4.90 Å². The molecular formula is C14H19NO2. The van der Waals surface area contributed by atoms with Crippen molar-refractivity contribution < 1.29 is 9.59 Å². The molecule has 0 saturated carbocycles. The van der Waals surface area contributed by atoms with Gasteiger partial charge in [0.25, 0.3) is 5.91 Å². The number of hydrogen-bond acceptors (Lipinski definition) is 2. The van der Waals surface area contributed by atoms with E-state index in [1.54, 1.807) is 38.4 Å². The highest BCUT2D eigenvalue weighted by Gasteiger charge is 2.22. The number of nitrogens with zero attached hydrogens (tertiary/aromatic N) is 1. The normalized spacial score (nSPS) is 11.1. The smallest absolute Gasteiger partial charge is 0.253 e. The summed E-state index contributed by atoms with van der Waals surface area (Å²) >= 11 is 0. The maximum Gasteiger partial charge on any atom is 0.253 e. The van der Waals surface area contributed by atoms with Gasteiger partial charge in [0.15, 0.2) is 5.78 Å². The van der Waals surface area contributed by atoms with Crippen molar-refractivity contribution in [1.82, 2.24) is 4.90 Å². The Balaban J connectivity index is 2.97. The molecule has 0 bridgehead atoms. The van der Waals surface area contributed by atoms with Gasteiger partial charge < -0.3 is 4.90 Å². The second-order valence-corrected chi connectivity index (χ2v) is 5.36. The molecule has 0 radical (unpaired) electrons. The molecule has 0 fully saturated rings. The molecule has 0 atom stereocenters. The van der Waals surface area contributed by atoms with Crippen LogP contribution >= 0.6 is 0 Å². The van der Waals surface area contributed by atoms with Crippen LogP contribution < -0.4 is 0 Å². The first kappa shape index (κ1) is 13.4. The average molecular weight is 233 g/mol. The maximum absolute atomic E-state index is 12.0. The monoisotopic (exact) mass is 233 g/mol. The Hall–Kier alpha value is -1.64. The molecule has 17 heavy (non-hydrogen) atoms. The Morgan fingerprint density at radius 2 is 1.35 bits per heavy atom. The summed E-state index contributed by atoms with van der Waals surface area (Å²) in [5, 5.41) is 0. The summed E-state index contributed by atoms with van der Waals surface area (Å²) in [7, 11) is 3.41. The van der Waals surface area contributed by atoms with Crippen molar-refractivity contribution in [3.63, 3.8) is 0 Å². The Kier molecular flexibility index (Phi) is 3.71. The molecule has 3 nitrogen and oxygen atoms in total. The molecule has 1 amide bonds. The molecule has 0 aliphatic heterocycles. The van der Waals surface area contributed by atoms with Crippen LogP contribution in [0.3, 0.4) is 0 Å². The Morgan fingerprint density at radius 1 is 0.941 bits per heavy atom. The van der Waals surface area contributed by atoms with E-state index in [1.807, 2.05) is 20.8 Å². The minimum absolute atomic E-state index is 0.0558. The third kappa shape index (κ3) is 3.16. The molecule has 1 rings (SSSR count). The van der Waals surface area contributed by atoms with Gasteiger partial charge in [-0.15, -0.1) is 0 Å². The molecule has 0 saturated heterocycles. The Morgan fingerprint density at radius 3 is 1.71 bits per heavy atom. The minimum atomic E-state index is -0.396. The summed E-state index contributed by atoms with van der Waals surface area (Å²) in [4.78, 5) is 25.2. The molecule has 0 aromatic heterocycles. The summed E-state index contributed by atoms with van der Waals surface area (Å²) in [5.74, 6) is 0.0288. The quantitative estimate of drug-likeness (QED) is 0.736. The van der Waals surface area contributed by atoms with Crippen molar-refractivity contribution in [2.24, 2.45) is 5.41 Å². The van der Waals surface area contributed by atoms with Crippen molar-refractivity contribution >= 4 is 11.7 Å². The molecule has 0 spiro atoms. The van der Waals surface area contributed by atoms with Crippen LogP contribution in [0.15, 0.2) is 24.3 Å². The standard InChI is InChI=1S/C14H19NO2/c1-14(2,3)12(16)10-6-8-11(9-7-10)13(17)15(4)5/h6-9H,1-5H3. The van der Waals surface area contributed by atoms with Crippen LogP contribution in [0.1, 0.15) is 41.5 Å². The highest BCUT2D eigenvalue weighted by Crippen LogP contribution is 2.21. The number of hydrogen-bond donors (Lipinski definition) is 0. The van der Waals surface area contributed by atoms with Gasteiger partial charge in [0.2, 0.25) is 0 Å². The zero-order valence-electron chi connectivity index (χ0n) is 11.1. The predicted molar refractivity (Wildman–Crippen MR) is 68.2 cm³/mol. The van der Waals surface area contributed by atoms with Gasteiger partial charge in [-0.1, -0.05) is 32.9 Å². The van der Waals surface area contributed by atoms with E-state index in [9.17, 15) is 9.59 Å². The van der Waals surface area contributed by atoms with Gasteiger partial charge in [-0.05, 0) is 12.1 Å². The van der Waals surface area contributed by atoms with Crippen LogP contribution in [0.4, 0.5) is 0 Å². The second-order valence-electron chi connectivity index (χ2n) is 5.36. The van der Waals surface area contributed by atoms with Gasteiger partial charge in [-0.2, -0.15) is 0 Å². The molecule has 92 valence electrons. The number of Topliss-reactive ketones (excluding diaryl/α,β-unsaturated/α-hetero) is 1. The van der Waals surface area contributed by atoms with Gasteiger partial charge in [-0.25, -0.2) is 0 Å². The first-order valence-corrected chi connectivity index (χ1v) is 5.60. The third-order valence-electron chi connectivity index (χ3n) is 2.48. The van der Waals surface area contributed by atoms with Gasteiger partial charge in [0, 0.05) is 30.6 Å². The largest absolute Gasteiger partial charge is 0.345 e. The van der Waals surface area contributed by atoms with Crippen LogP contribution in [-0.4, -0.2) is 30.7 Å². The van der Waals surface area contributed by atoms with Crippen LogP contribution in [0.5, 0.6) is 0 Å². The zero-order chi connectivity index (χ0) is 13.2. The van der Waals surface area contributed by atoms with Crippen LogP contribution in [0, 0.1) is 5.41 Å². The second kappa shape index (κ2) is 4.70. The van der Waals surface area contributed by atoms with Gasteiger partial charge in [-0.3, -0.25) is 9.59 Å². The van der Waals surface area contributed by atoms with Gasteiger partial charge >= 0.3 is 0 Å². The van der Waals surface area contributed by atoms with Crippen molar-refractivity contribution in [3.8, 4) is 0 Å². The van der Waals surface area contributed by atoms with E-state index < -0.39 is 5.41 Å². The number of rotatable bonds is 2. The average Bonchev–Trinajstić information content (AvgIpc) is 2.26. The number of ketones is 1. The molecule has 0 N–H and O–H groups in total. The molecular weight excluding hydrogens is 214 g/mol. The fourth-order valence-electron chi connectivity index (χ4n) is 1.46. The summed E-state index contributed by atoms with van der Waals surface area (Å²) in [6.07, 6.45) is 0. The zero-order valence-corrected chi connectivity index (χ0v) is 11.1. The molecule has 1 aromatic carbocycles. The molecule has 3 heteroatoms. The van der Waals surface area contributed by atoms with E-state index in [0.717, 1.165) is 0 Å². The van der Waals surface area contributed by atoms with Crippen molar-refractivity contribution in [1.29, 1.82) is 0 Å². The Labute approximate surface area is 102 Å². The predicted octanol–water partition coefficient (Wildman–Crippen LogP) is 2.62. The van der Waals surface area contributed by atoms with Crippen LogP contribution in [0.25, 0.3) is 0 Å². The Bertz CT molecular complexity index is 425. The lowest BCUT2D eigenvalue weighted by atomic mass is 9.86. The first-order valence-electron chi connectivity index (χ1n) is 5.60. The fourth-order valence-corrected chi connectivity index (χ4v) is 1.46. The number of amides is 1. The van der Waals surface area contributed by atoms with Crippen molar-refractivity contribution in [2.75, 3.05) is 14.1 Å². The van der Waals surface area contributed by atoms with Crippen LogP contribution in [0.2, 0.25) is 0 Å². The summed E-state index contributed by atoms with van der Waals surface area (Å²) in [6, 6.07) is 6.82. The van der Waals surface area contributed by atoms with E-state index in [0.29, 0.717) is 11.1 Å². The lowest BCUT2D eigenvalue weighted by Gasteiger charge is -2.17. The summed E-state index contributed by atoms with van der Waals surface area (Å²) < 4.78 is 0. The summed E-state index contributed by atoms with van der Waals surface area (Å²) in [5.41, 5.74) is 0.848. The molecule has 0 aliphatic rings. The fraction of sp³-hybridized carbons (Fsp3) is 0.429. The SMILES string of the molecule is CN(C)C(=O)c1ccc(C(=O)C(C)(C)C)cc1. The van der Waals surface area contributed by atoms with E-state index in [-0.39, 0.29) is 11.7 Å². The highest BCUT2D eigenvalue weighted by molar-refractivity contribution is 6.01. The number of benzene rings is 1. The highest BCUT2D eigenvalue weighted by atomic mass is 16.2. The van der Waals surface area contributed by atoms with Gasteiger partial charge in [0.1, 0.15) is 0 Å². The number of carbonyl (C=O) groups excluding carboxylic acids is 2. The van der Waals surface area contributed by atoms with Crippen molar-refractivity contribution in [2.45, 2.75) is 20.8 Å². The van der Waals surface area contributed by atoms with Crippen molar-refractivity contribution in [3.05, 3.63) is 35.4 Å². The molecule has 0 unspecified atom stereocenters. The molecule has 1 aromatic rings. The van der Waals surface area contributed by atoms with E-state index in [2.05, 4.69) is 0 Å². The summed E-state index contributed by atoms with van der Waals surface area (Å²) in [6.45, 7) is 5.65. The minimum Gasteiger partial charge on any atom is -0.345 e. The molecule has 0 aliphatic carbocycles. The topological polar surface area (TPSA) is 37.4 Å². The lowest BCUT2D eigenvalue weighted by molar-refractivity contribution is 0.0824. The maximum atomic E-state index is 12.0. The lowest BCUT2D eigenvalue weighted by Crippen LogP contribution is -2.22. The first-order chi connectivity index (χ1) is 7.73. The molecule has 0 heterocycles. The third-order valence-corrected chi connectivity index (χ3v) is 2.48. The van der Waals surface area contributed by atoms with Crippen LogP contribution in [-0.2, 0) is 0 Å². The number of carbonyl (C=O) groups is 2. The van der Waals surface area contributed by atoms with E-state index >= 15 is 0 Å².